The molecule has 12 heteroatoms. The topological polar surface area (TPSA) is 147 Å². The Labute approximate surface area is 194 Å². The molecule has 0 aromatic heterocycles. The monoisotopic (exact) mass is 473 g/mol. The van der Waals surface area contributed by atoms with Crippen LogP contribution in [0.4, 0.5) is 17.1 Å². The van der Waals surface area contributed by atoms with Gasteiger partial charge in [-0.1, -0.05) is 0 Å². The Kier molecular flexibility index (Phi) is 7.51. The third-order valence-electron chi connectivity index (χ3n) is 5.16. The first-order valence-corrected chi connectivity index (χ1v) is 10.1. The lowest BCUT2D eigenvalue weighted by atomic mass is 10.1. The molecule has 2 aromatic carbocycles. The largest absolute Gasteiger partial charge is 0.497 e. The Hall–Kier alpha value is -4.35. The normalized spacial score (nSPS) is 15.0. The first kappa shape index (κ1) is 24.3. The number of nitro groups is 1. The van der Waals surface area contributed by atoms with E-state index in [4.69, 9.17) is 18.9 Å². The minimum Gasteiger partial charge on any atom is -0.497 e. The minimum atomic E-state index is -0.803. The first-order valence-electron chi connectivity index (χ1n) is 10.1. The Bertz CT molecular complexity index is 1120. The van der Waals surface area contributed by atoms with Crippen LogP contribution in [-0.2, 0) is 19.1 Å². The summed E-state index contributed by atoms with van der Waals surface area (Å²) in [7, 11) is 4.33. The summed E-state index contributed by atoms with van der Waals surface area (Å²) in [5.41, 5.74) is 0.00714. The van der Waals surface area contributed by atoms with Crippen molar-refractivity contribution < 1.29 is 38.3 Å². The van der Waals surface area contributed by atoms with Crippen LogP contribution in [-0.4, -0.2) is 57.2 Å². The van der Waals surface area contributed by atoms with Crippen molar-refractivity contribution in [3.8, 4) is 17.2 Å². The maximum atomic E-state index is 12.6. The predicted octanol–water partition coefficient (Wildman–Crippen LogP) is 2.16. The molecular weight excluding hydrogens is 450 g/mol. The second kappa shape index (κ2) is 10.5. The second-order valence-corrected chi connectivity index (χ2v) is 7.24. The number of hydrogen-bond donors (Lipinski definition) is 1. The number of esters is 1. The van der Waals surface area contributed by atoms with Gasteiger partial charge in [-0.25, -0.2) is 0 Å². The van der Waals surface area contributed by atoms with E-state index in [2.05, 4.69) is 5.32 Å². The van der Waals surface area contributed by atoms with Crippen molar-refractivity contribution in [3.05, 3.63) is 46.5 Å². The summed E-state index contributed by atoms with van der Waals surface area (Å²) in [6.45, 7) is -0.648. The Balaban J connectivity index is 1.63. The highest BCUT2D eigenvalue weighted by Crippen LogP contribution is 2.36. The van der Waals surface area contributed by atoms with E-state index in [1.807, 2.05) is 0 Å². The molecule has 0 aliphatic carbocycles. The lowest BCUT2D eigenvalue weighted by Crippen LogP contribution is -2.28. The van der Waals surface area contributed by atoms with Crippen molar-refractivity contribution in [2.24, 2.45) is 5.92 Å². The third kappa shape index (κ3) is 5.34. The standard InChI is InChI=1S/C22H23N3O9/c1-31-14-4-6-17(25(29)30)16(9-14)23-20(26)12-34-22(28)13-8-21(27)24(11-13)18-10-15(32-2)5-7-19(18)33-3/h4-7,9-10,13H,8,11-12H2,1-3H3,(H,23,26)/t13-/m0/s1. The molecule has 180 valence electrons. The molecule has 12 nitrogen and oxygen atoms in total. The quantitative estimate of drug-likeness (QED) is 0.329. The molecule has 2 amide bonds. The Morgan fingerprint density at radius 3 is 2.41 bits per heavy atom. The van der Waals surface area contributed by atoms with Gasteiger partial charge in [0.05, 0.1) is 37.9 Å². The van der Waals surface area contributed by atoms with E-state index in [1.54, 1.807) is 18.2 Å². The van der Waals surface area contributed by atoms with Gasteiger partial charge in [0.2, 0.25) is 5.91 Å². The van der Waals surface area contributed by atoms with E-state index in [-0.39, 0.29) is 30.2 Å². The number of nitro benzene ring substituents is 1. The number of anilines is 2. The van der Waals surface area contributed by atoms with Crippen molar-refractivity contribution in [1.82, 2.24) is 0 Å². The number of ether oxygens (including phenoxy) is 4. The average Bonchev–Trinajstić information content (AvgIpc) is 3.23. The van der Waals surface area contributed by atoms with Gasteiger partial charge >= 0.3 is 5.97 Å². The number of nitrogens with one attached hydrogen (secondary N) is 1. The average molecular weight is 473 g/mol. The highest BCUT2D eigenvalue weighted by Gasteiger charge is 2.37. The molecule has 0 bridgehead atoms. The molecule has 1 fully saturated rings. The molecule has 1 aliphatic heterocycles. The molecule has 0 saturated carbocycles. The third-order valence-corrected chi connectivity index (χ3v) is 5.16. The van der Waals surface area contributed by atoms with Crippen LogP contribution in [0.15, 0.2) is 36.4 Å². The van der Waals surface area contributed by atoms with Gasteiger partial charge in [-0.05, 0) is 18.2 Å². The van der Waals surface area contributed by atoms with Gasteiger partial charge in [0.25, 0.3) is 11.6 Å². The number of hydrogen-bond acceptors (Lipinski definition) is 9. The molecule has 1 heterocycles. The van der Waals surface area contributed by atoms with E-state index < -0.39 is 29.3 Å². The highest BCUT2D eigenvalue weighted by molar-refractivity contribution is 6.01. The van der Waals surface area contributed by atoms with E-state index in [0.717, 1.165) is 0 Å². The van der Waals surface area contributed by atoms with Gasteiger partial charge < -0.3 is 29.2 Å². The van der Waals surface area contributed by atoms with Crippen LogP contribution in [0, 0.1) is 16.0 Å². The zero-order chi connectivity index (χ0) is 24.8. The van der Waals surface area contributed by atoms with Gasteiger partial charge in [0, 0.05) is 31.2 Å². The van der Waals surface area contributed by atoms with Crippen LogP contribution in [0.25, 0.3) is 0 Å². The number of methoxy groups -OCH3 is 3. The van der Waals surface area contributed by atoms with Crippen molar-refractivity contribution >= 4 is 34.8 Å². The zero-order valence-corrected chi connectivity index (χ0v) is 18.7. The minimum absolute atomic E-state index is 0.0319. The summed E-state index contributed by atoms with van der Waals surface area (Å²) in [6, 6.07) is 8.81. The Morgan fingerprint density at radius 2 is 1.76 bits per heavy atom. The van der Waals surface area contributed by atoms with Crippen LogP contribution in [0.3, 0.4) is 0 Å². The summed E-state index contributed by atoms with van der Waals surface area (Å²) in [6.07, 6.45) is -0.109. The molecule has 0 spiro atoms. The summed E-state index contributed by atoms with van der Waals surface area (Å²) >= 11 is 0. The van der Waals surface area contributed by atoms with Gasteiger partial charge in [0.15, 0.2) is 6.61 Å². The number of carbonyl (C=O) groups is 3. The number of nitrogens with zero attached hydrogens (tertiary/aromatic N) is 2. The molecule has 1 atom stereocenters. The van der Waals surface area contributed by atoms with Crippen LogP contribution in [0.2, 0.25) is 0 Å². The van der Waals surface area contributed by atoms with Crippen molar-refractivity contribution in [1.29, 1.82) is 0 Å². The fourth-order valence-electron chi connectivity index (χ4n) is 3.45. The maximum absolute atomic E-state index is 12.6. The fourth-order valence-corrected chi connectivity index (χ4v) is 3.45. The number of benzene rings is 2. The summed E-state index contributed by atoms with van der Waals surface area (Å²) in [5.74, 6) is -1.39. The number of rotatable bonds is 9. The first-order chi connectivity index (χ1) is 16.3. The van der Waals surface area contributed by atoms with Crippen molar-refractivity contribution in [2.75, 3.05) is 44.7 Å². The molecule has 1 aliphatic rings. The van der Waals surface area contributed by atoms with Crippen LogP contribution in [0.1, 0.15) is 6.42 Å². The van der Waals surface area contributed by atoms with Crippen molar-refractivity contribution in [2.45, 2.75) is 6.42 Å². The molecule has 1 saturated heterocycles. The SMILES string of the molecule is COc1ccc([N+](=O)[O-])c(NC(=O)COC(=O)[C@H]2CC(=O)N(c3cc(OC)ccc3OC)C2)c1. The molecular formula is C22H23N3O9. The van der Waals surface area contributed by atoms with Crippen LogP contribution >= 0.6 is 0 Å². The van der Waals surface area contributed by atoms with Crippen LogP contribution in [0.5, 0.6) is 17.2 Å². The smallest absolute Gasteiger partial charge is 0.311 e. The fraction of sp³-hybridized carbons (Fsp3) is 0.318. The van der Waals surface area contributed by atoms with Gasteiger partial charge in [-0.15, -0.1) is 0 Å². The van der Waals surface area contributed by atoms with Gasteiger partial charge in [0.1, 0.15) is 22.9 Å². The molecule has 0 unspecified atom stereocenters. The van der Waals surface area contributed by atoms with E-state index in [1.165, 1.54) is 44.4 Å². The molecule has 3 rings (SSSR count). The lowest BCUT2D eigenvalue weighted by molar-refractivity contribution is -0.383. The van der Waals surface area contributed by atoms with E-state index >= 15 is 0 Å². The van der Waals surface area contributed by atoms with E-state index in [9.17, 15) is 24.5 Å². The number of amides is 2. The Morgan fingerprint density at radius 1 is 1.09 bits per heavy atom. The molecule has 1 N–H and O–H groups in total. The predicted molar refractivity (Wildman–Crippen MR) is 119 cm³/mol. The second-order valence-electron chi connectivity index (χ2n) is 7.24. The molecule has 0 radical (unpaired) electrons. The summed E-state index contributed by atoms with van der Waals surface area (Å²) in [5, 5.41) is 13.5. The summed E-state index contributed by atoms with van der Waals surface area (Å²) < 4.78 is 20.6. The number of carbonyl (C=O) groups excluding carboxylic acids is 3. The van der Waals surface area contributed by atoms with E-state index in [0.29, 0.717) is 22.9 Å². The zero-order valence-electron chi connectivity index (χ0n) is 18.7. The summed E-state index contributed by atoms with van der Waals surface area (Å²) in [4.78, 5) is 49.2. The molecule has 34 heavy (non-hydrogen) atoms. The maximum Gasteiger partial charge on any atom is 0.311 e. The van der Waals surface area contributed by atoms with Gasteiger partial charge in [-0.2, -0.15) is 0 Å². The van der Waals surface area contributed by atoms with Crippen LogP contribution < -0.4 is 24.4 Å². The molecule has 2 aromatic rings. The van der Waals surface area contributed by atoms with Gasteiger partial charge in [-0.3, -0.25) is 24.5 Å². The highest BCUT2D eigenvalue weighted by atomic mass is 16.6. The van der Waals surface area contributed by atoms with Crippen molar-refractivity contribution in [3.63, 3.8) is 0 Å². The lowest BCUT2D eigenvalue weighted by Gasteiger charge is -2.20.